The van der Waals surface area contributed by atoms with Crippen LogP contribution in [0.3, 0.4) is 0 Å². The molecule has 0 bridgehead atoms. The fraction of sp³-hybridized carbons (Fsp3) is 0.952. The molecule has 52 heavy (non-hydrogen) atoms. The highest BCUT2D eigenvalue weighted by atomic mass is 16.6. The lowest BCUT2D eigenvalue weighted by Crippen LogP contribution is -2.60. The van der Waals surface area contributed by atoms with E-state index in [9.17, 15) is 14.7 Å². The summed E-state index contributed by atoms with van der Waals surface area (Å²) in [6.45, 7) is 22.8. The number of rotatable bonds is 5. The van der Waals surface area contributed by atoms with E-state index < -0.39 is 6.10 Å². The van der Waals surface area contributed by atoms with Crippen LogP contribution in [-0.2, 0) is 18.9 Å². The molecular formula is C42H67N3O7. The molecule has 5 aliphatic carbocycles. The van der Waals surface area contributed by atoms with Gasteiger partial charge in [-0.2, -0.15) is 0 Å². The van der Waals surface area contributed by atoms with Crippen molar-refractivity contribution >= 4 is 12.2 Å². The van der Waals surface area contributed by atoms with E-state index in [1.807, 2.05) is 4.90 Å². The predicted octanol–water partition coefficient (Wildman–Crippen LogP) is 6.19. The third-order valence-electron chi connectivity index (χ3n) is 18.1. The molecule has 4 heterocycles. The van der Waals surface area contributed by atoms with Crippen LogP contribution in [0.25, 0.3) is 0 Å². The SMILES string of the molecule is CC(C)C(OC(=O)N1CCC1)C1C[C@@H](C)[C@H]2[C@@H](O1)[C@H](O)[C@@]1(C)C3CC[C@H]4C(C)(C)C(OC(=O)N5CCN(C6COC6)CC5)CCC45CC35CCC21C. The maximum atomic E-state index is 13.6. The van der Waals surface area contributed by atoms with Crippen molar-refractivity contribution in [2.75, 3.05) is 52.5 Å². The second-order valence-corrected chi connectivity index (χ2v) is 20.6. The van der Waals surface area contributed by atoms with E-state index >= 15 is 0 Å². The van der Waals surface area contributed by atoms with Crippen molar-refractivity contribution in [2.24, 2.45) is 56.7 Å². The second kappa shape index (κ2) is 12.2. The minimum Gasteiger partial charge on any atom is -0.446 e. The molecule has 9 fully saturated rings. The van der Waals surface area contributed by atoms with E-state index in [0.29, 0.717) is 23.8 Å². The Hall–Kier alpha value is -1.62. The lowest BCUT2D eigenvalue weighted by molar-refractivity contribution is -0.185. The van der Waals surface area contributed by atoms with Crippen LogP contribution in [0, 0.1) is 56.7 Å². The third-order valence-corrected chi connectivity index (χ3v) is 18.1. The fourth-order valence-corrected chi connectivity index (χ4v) is 15.0. The van der Waals surface area contributed by atoms with Crippen molar-refractivity contribution in [3.63, 3.8) is 0 Å². The smallest absolute Gasteiger partial charge is 0.410 e. The zero-order chi connectivity index (χ0) is 36.6. The first kappa shape index (κ1) is 36.0. The number of piperazine rings is 1. The standard InChI is InChI=1S/C42H67N3O7/c1-25(2)33(52-37(48)44-15-8-16-44)28-21-26(3)32-34(50-28)35(46)40(7)30-10-9-29-38(4,5)31(11-12-41(29)24-42(30,41)14-13-39(32,40)6)51-36(47)45-19-17-43(18-20-45)27-22-49-23-27/h25-35,46H,8-24H2,1-7H3/t26-,28?,29+,30?,31?,32+,33?,34-,35+,39?,40-,41?,42?/m1/s1. The highest BCUT2D eigenvalue weighted by molar-refractivity contribution is 5.69. The van der Waals surface area contributed by atoms with Crippen LogP contribution in [-0.4, -0.2) is 121 Å². The minimum atomic E-state index is -0.550. The number of aliphatic hydroxyl groups is 1. The number of fused-ring (bicyclic) bond motifs is 4. The molecule has 10 heteroatoms. The Balaban J connectivity index is 0.909. The van der Waals surface area contributed by atoms with Crippen LogP contribution in [0.4, 0.5) is 9.59 Å². The summed E-state index contributed by atoms with van der Waals surface area (Å²) in [5, 5.41) is 12.7. The largest absolute Gasteiger partial charge is 0.446 e. The maximum Gasteiger partial charge on any atom is 0.410 e. The van der Waals surface area contributed by atoms with Crippen LogP contribution in [0.1, 0.15) is 106 Å². The molecule has 7 unspecified atom stereocenters. The fourth-order valence-electron chi connectivity index (χ4n) is 15.0. The van der Waals surface area contributed by atoms with Gasteiger partial charge in [-0.3, -0.25) is 4.90 Å². The molecule has 0 aromatic heterocycles. The molecule has 4 aliphatic heterocycles. The van der Waals surface area contributed by atoms with Crippen LogP contribution in [0.15, 0.2) is 0 Å². The normalized spacial score (nSPS) is 48.6. The van der Waals surface area contributed by atoms with Crippen molar-refractivity contribution in [2.45, 2.75) is 143 Å². The molecule has 9 aliphatic rings. The average molecular weight is 726 g/mol. The number of ether oxygens (including phenoxy) is 4. The van der Waals surface area contributed by atoms with Gasteiger partial charge in [0.15, 0.2) is 0 Å². The van der Waals surface area contributed by atoms with E-state index in [0.717, 1.165) is 97.4 Å². The first-order valence-corrected chi connectivity index (χ1v) is 21.2. The van der Waals surface area contributed by atoms with Gasteiger partial charge in [0, 0.05) is 50.1 Å². The van der Waals surface area contributed by atoms with Gasteiger partial charge in [0.25, 0.3) is 0 Å². The lowest BCUT2D eigenvalue weighted by Gasteiger charge is -2.63. The number of hydrogen-bond acceptors (Lipinski definition) is 8. The van der Waals surface area contributed by atoms with Crippen LogP contribution >= 0.6 is 0 Å². The van der Waals surface area contributed by atoms with E-state index in [1.165, 1.54) is 12.8 Å². The highest BCUT2D eigenvalue weighted by Crippen LogP contribution is 2.89. The summed E-state index contributed by atoms with van der Waals surface area (Å²) in [5.41, 5.74) is 0.137. The summed E-state index contributed by atoms with van der Waals surface area (Å²) in [7, 11) is 0. The Bertz CT molecular complexity index is 1430. The topological polar surface area (TPSA) is 101 Å². The van der Waals surface area contributed by atoms with E-state index in [2.05, 4.69) is 53.4 Å². The van der Waals surface area contributed by atoms with Crippen LogP contribution < -0.4 is 0 Å². The molecule has 10 nitrogen and oxygen atoms in total. The second-order valence-electron chi connectivity index (χ2n) is 20.6. The molecule has 5 saturated carbocycles. The molecule has 2 spiro atoms. The first-order chi connectivity index (χ1) is 24.7. The zero-order valence-corrected chi connectivity index (χ0v) is 33.1. The Morgan fingerprint density at radius 3 is 2.15 bits per heavy atom. The summed E-state index contributed by atoms with van der Waals surface area (Å²) in [6.07, 6.45) is 8.06. The number of aliphatic hydroxyl groups excluding tert-OH is 1. The molecule has 13 atom stereocenters. The predicted molar refractivity (Wildman–Crippen MR) is 195 cm³/mol. The summed E-state index contributed by atoms with van der Waals surface area (Å²) in [6, 6.07) is 0.512. The van der Waals surface area contributed by atoms with Gasteiger partial charge in [-0.25, -0.2) is 9.59 Å². The number of hydrogen-bond donors (Lipinski definition) is 1. The maximum absolute atomic E-state index is 13.6. The quantitative estimate of drug-likeness (QED) is 0.359. The van der Waals surface area contributed by atoms with Gasteiger partial charge in [-0.05, 0) is 104 Å². The average Bonchev–Trinajstić information content (AvgIpc) is 3.68. The molecule has 2 amide bonds. The Kier molecular flexibility index (Phi) is 8.45. The molecule has 9 rings (SSSR count). The molecule has 0 radical (unpaired) electrons. The van der Waals surface area contributed by atoms with E-state index in [-0.39, 0.29) is 75.5 Å². The van der Waals surface area contributed by atoms with E-state index in [4.69, 9.17) is 18.9 Å². The van der Waals surface area contributed by atoms with Gasteiger partial charge < -0.3 is 33.9 Å². The number of amides is 2. The minimum absolute atomic E-state index is 0.0203. The first-order valence-electron chi connectivity index (χ1n) is 21.2. The summed E-state index contributed by atoms with van der Waals surface area (Å²) in [5.74, 6) is 1.74. The van der Waals surface area contributed by atoms with Gasteiger partial charge in [0.1, 0.15) is 12.2 Å². The summed E-state index contributed by atoms with van der Waals surface area (Å²) >= 11 is 0. The third kappa shape index (κ3) is 4.80. The monoisotopic (exact) mass is 725 g/mol. The van der Waals surface area contributed by atoms with Crippen molar-refractivity contribution < 1.29 is 33.6 Å². The lowest BCUT2D eigenvalue weighted by atomic mass is 9.41. The molecule has 0 aromatic carbocycles. The van der Waals surface area contributed by atoms with Crippen molar-refractivity contribution in [3.05, 3.63) is 0 Å². The van der Waals surface area contributed by atoms with Gasteiger partial charge in [0.2, 0.25) is 0 Å². The van der Waals surface area contributed by atoms with Gasteiger partial charge >= 0.3 is 12.2 Å². The number of carbonyl (C=O) groups is 2. The number of nitrogens with zero attached hydrogens (tertiary/aromatic N) is 3. The zero-order valence-electron chi connectivity index (χ0n) is 33.1. The molecule has 4 saturated heterocycles. The van der Waals surface area contributed by atoms with Gasteiger partial charge in [-0.1, -0.05) is 48.5 Å². The van der Waals surface area contributed by atoms with Gasteiger partial charge in [0.05, 0.1) is 37.6 Å². The molecular weight excluding hydrogens is 658 g/mol. The Morgan fingerprint density at radius 2 is 1.52 bits per heavy atom. The van der Waals surface area contributed by atoms with E-state index in [1.54, 1.807) is 4.90 Å². The van der Waals surface area contributed by atoms with Crippen molar-refractivity contribution in [1.82, 2.24) is 14.7 Å². The number of carbonyl (C=O) groups excluding carboxylic acids is 2. The van der Waals surface area contributed by atoms with Gasteiger partial charge in [-0.15, -0.1) is 0 Å². The molecule has 1 N–H and O–H groups in total. The summed E-state index contributed by atoms with van der Waals surface area (Å²) < 4.78 is 25.1. The molecule has 0 aromatic rings. The van der Waals surface area contributed by atoms with Crippen molar-refractivity contribution in [1.29, 1.82) is 0 Å². The van der Waals surface area contributed by atoms with Crippen molar-refractivity contribution in [3.8, 4) is 0 Å². The van der Waals surface area contributed by atoms with Crippen LogP contribution in [0.5, 0.6) is 0 Å². The number of likely N-dealkylation sites (tertiary alicyclic amines) is 1. The van der Waals surface area contributed by atoms with Crippen LogP contribution in [0.2, 0.25) is 0 Å². The Labute approximate surface area is 312 Å². The summed E-state index contributed by atoms with van der Waals surface area (Å²) in [4.78, 5) is 32.7. The molecule has 292 valence electrons. The Morgan fingerprint density at radius 1 is 0.846 bits per heavy atom. The highest BCUT2D eigenvalue weighted by Gasteiger charge is 2.85.